The summed E-state index contributed by atoms with van der Waals surface area (Å²) in [5, 5.41) is 2.92. The first-order chi connectivity index (χ1) is 13.1. The smallest absolute Gasteiger partial charge is 0.236 e. The zero-order chi connectivity index (χ0) is 18.9. The van der Waals surface area contributed by atoms with Crippen molar-refractivity contribution in [1.82, 2.24) is 15.0 Å². The number of benzene rings is 1. The van der Waals surface area contributed by atoms with E-state index in [4.69, 9.17) is 11.5 Å². The van der Waals surface area contributed by atoms with Gasteiger partial charge in [-0.3, -0.25) is 4.79 Å². The van der Waals surface area contributed by atoms with Crippen LogP contribution < -0.4 is 16.8 Å². The van der Waals surface area contributed by atoms with Crippen molar-refractivity contribution >= 4 is 23.4 Å². The van der Waals surface area contributed by atoms with E-state index in [-0.39, 0.29) is 11.9 Å². The first kappa shape index (κ1) is 17.0. The number of carbonyl (C=O) groups is 1. The summed E-state index contributed by atoms with van der Waals surface area (Å²) in [6.07, 6.45) is 7.57. The summed E-state index contributed by atoms with van der Waals surface area (Å²) >= 11 is 0. The van der Waals surface area contributed by atoms with E-state index in [1.807, 2.05) is 24.3 Å². The molecule has 0 aliphatic heterocycles. The average Bonchev–Trinajstić information content (AvgIpc) is 2.64. The molecule has 3 aromatic rings. The Bertz CT molecular complexity index is 947. The molecule has 7 heteroatoms. The largest absolute Gasteiger partial charge is 0.397 e. The molecule has 1 aromatic carbocycles. The zero-order valence-electron chi connectivity index (χ0n) is 14.7. The van der Waals surface area contributed by atoms with Crippen molar-refractivity contribution in [2.24, 2.45) is 0 Å². The summed E-state index contributed by atoms with van der Waals surface area (Å²) in [5.74, 6) is 0.724. The molecule has 2 heterocycles. The topological polar surface area (TPSA) is 120 Å². The van der Waals surface area contributed by atoms with Crippen LogP contribution in [-0.2, 0) is 10.2 Å². The van der Waals surface area contributed by atoms with Gasteiger partial charge in [-0.05, 0) is 36.1 Å². The number of amides is 1. The second kappa shape index (κ2) is 6.68. The maximum Gasteiger partial charge on any atom is 0.236 e. The molecule has 136 valence electrons. The van der Waals surface area contributed by atoms with Crippen molar-refractivity contribution in [1.29, 1.82) is 0 Å². The Labute approximate surface area is 156 Å². The van der Waals surface area contributed by atoms with Crippen LogP contribution in [0.5, 0.6) is 0 Å². The number of nitrogens with two attached hydrogens (primary N) is 2. The number of carbonyl (C=O) groups excluding carboxylic acids is 1. The Balaban J connectivity index is 1.57. The second-order valence-corrected chi connectivity index (χ2v) is 6.77. The van der Waals surface area contributed by atoms with Crippen molar-refractivity contribution in [3.05, 3.63) is 60.6 Å². The lowest BCUT2D eigenvalue weighted by molar-refractivity contribution is -0.124. The Morgan fingerprint density at radius 1 is 0.889 bits per heavy atom. The van der Waals surface area contributed by atoms with Crippen molar-refractivity contribution in [2.75, 3.05) is 16.8 Å². The summed E-state index contributed by atoms with van der Waals surface area (Å²) in [6.45, 7) is 0. The molecule has 0 radical (unpaired) electrons. The number of nitrogens with zero attached hydrogens (tertiary/aromatic N) is 3. The molecular formula is C20H20N6O. The predicted molar refractivity (Wildman–Crippen MR) is 105 cm³/mol. The molecule has 1 saturated carbocycles. The predicted octanol–water partition coefficient (Wildman–Crippen LogP) is 2.76. The van der Waals surface area contributed by atoms with Gasteiger partial charge in [-0.1, -0.05) is 30.7 Å². The van der Waals surface area contributed by atoms with Gasteiger partial charge in [0.2, 0.25) is 11.9 Å². The van der Waals surface area contributed by atoms with Crippen LogP contribution in [0.25, 0.3) is 11.1 Å². The Morgan fingerprint density at radius 3 is 2.15 bits per heavy atom. The van der Waals surface area contributed by atoms with E-state index >= 15 is 0 Å². The van der Waals surface area contributed by atoms with Crippen molar-refractivity contribution < 1.29 is 4.79 Å². The molecule has 1 fully saturated rings. The van der Waals surface area contributed by atoms with Crippen LogP contribution in [0.4, 0.5) is 17.5 Å². The maximum absolute atomic E-state index is 13.0. The number of nitrogen functional groups attached to an aromatic ring is 2. The fraction of sp³-hybridized carbons (Fsp3) is 0.200. The first-order valence-corrected chi connectivity index (χ1v) is 8.78. The lowest BCUT2D eigenvalue weighted by Crippen LogP contribution is -2.46. The number of rotatable bonds is 4. The van der Waals surface area contributed by atoms with Gasteiger partial charge < -0.3 is 16.8 Å². The van der Waals surface area contributed by atoms with Crippen molar-refractivity contribution in [2.45, 2.75) is 24.7 Å². The van der Waals surface area contributed by atoms with Crippen LogP contribution in [0, 0.1) is 0 Å². The molecule has 1 aliphatic rings. The van der Waals surface area contributed by atoms with Crippen molar-refractivity contribution in [3.8, 4) is 11.1 Å². The van der Waals surface area contributed by atoms with E-state index < -0.39 is 5.41 Å². The minimum absolute atomic E-state index is 0.0328. The molecular weight excluding hydrogens is 340 g/mol. The molecule has 0 unspecified atom stereocenters. The van der Waals surface area contributed by atoms with E-state index in [1.54, 1.807) is 24.5 Å². The summed E-state index contributed by atoms with van der Waals surface area (Å²) < 4.78 is 0. The number of aromatic nitrogens is 3. The summed E-state index contributed by atoms with van der Waals surface area (Å²) in [4.78, 5) is 25.2. The molecule has 0 saturated heterocycles. The third-order valence-corrected chi connectivity index (χ3v) is 5.11. The lowest BCUT2D eigenvalue weighted by Gasteiger charge is -2.40. The fourth-order valence-corrected chi connectivity index (χ4v) is 3.36. The first-order valence-electron chi connectivity index (χ1n) is 8.78. The normalized spacial score (nSPS) is 15.0. The monoisotopic (exact) mass is 360 g/mol. The molecule has 7 nitrogen and oxygen atoms in total. The van der Waals surface area contributed by atoms with Crippen LogP contribution >= 0.6 is 0 Å². The number of pyridine rings is 1. The van der Waals surface area contributed by atoms with E-state index in [9.17, 15) is 4.79 Å². The van der Waals surface area contributed by atoms with Gasteiger partial charge in [0.15, 0.2) is 0 Å². The van der Waals surface area contributed by atoms with Gasteiger partial charge >= 0.3 is 0 Å². The number of hydrogen-bond donors (Lipinski definition) is 3. The highest BCUT2D eigenvalue weighted by Crippen LogP contribution is 2.45. The van der Waals surface area contributed by atoms with Crippen LogP contribution in [-0.4, -0.2) is 20.9 Å². The van der Waals surface area contributed by atoms with Crippen molar-refractivity contribution in [3.63, 3.8) is 0 Å². The van der Waals surface area contributed by atoms with Gasteiger partial charge in [-0.2, -0.15) is 0 Å². The Morgan fingerprint density at radius 2 is 1.59 bits per heavy atom. The second-order valence-electron chi connectivity index (χ2n) is 6.77. The van der Waals surface area contributed by atoms with Gasteiger partial charge in [0.25, 0.3) is 0 Å². The van der Waals surface area contributed by atoms with Crippen LogP contribution in [0.2, 0.25) is 0 Å². The maximum atomic E-state index is 13.0. The number of nitrogens with one attached hydrogen (secondary N) is 1. The van der Waals surface area contributed by atoms with E-state index in [0.717, 1.165) is 36.0 Å². The highest BCUT2D eigenvalue weighted by Gasteiger charge is 2.45. The lowest BCUT2D eigenvalue weighted by atomic mass is 9.63. The van der Waals surface area contributed by atoms with Crippen LogP contribution in [0.15, 0.2) is 55.0 Å². The van der Waals surface area contributed by atoms with E-state index in [0.29, 0.717) is 11.5 Å². The molecule has 5 N–H and O–H groups in total. The molecule has 4 rings (SSSR count). The van der Waals surface area contributed by atoms with Crippen LogP contribution in [0.3, 0.4) is 0 Å². The standard InChI is InChI=1S/C20H20N6O/c21-16-6-7-17(23-12-16)26-18(27)20(8-1-9-20)15-4-2-13(3-5-15)14-10-24-19(22)25-11-14/h2-7,10-12H,1,8-9,21H2,(H2,22,24,25)(H,23,26,27). The van der Waals surface area contributed by atoms with Crippen LogP contribution in [0.1, 0.15) is 24.8 Å². The van der Waals surface area contributed by atoms with E-state index in [1.165, 1.54) is 6.20 Å². The Hall–Kier alpha value is -3.48. The molecule has 1 amide bonds. The fourth-order valence-electron chi connectivity index (χ4n) is 3.36. The molecule has 1 aliphatic carbocycles. The highest BCUT2D eigenvalue weighted by molar-refractivity contribution is 5.99. The summed E-state index contributed by atoms with van der Waals surface area (Å²) in [6, 6.07) is 11.4. The molecule has 0 bridgehead atoms. The molecule has 27 heavy (non-hydrogen) atoms. The van der Waals surface area contributed by atoms with Gasteiger partial charge in [-0.15, -0.1) is 0 Å². The summed E-state index contributed by atoms with van der Waals surface area (Å²) in [5.41, 5.74) is 14.1. The molecule has 0 spiro atoms. The summed E-state index contributed by atoms with van der Waals surface area (Å²) in [7, 11) is 0. The van der Waals surface area contributed by atoms with Gasteiger partial charge in [-0.25, -0.2) is 15.0 Å². The number of anilines is 3. The molecule has 0 atom stereocenters. The third-order valence-electron chi connectivity index (χ3n) is 5.11. The van der Waals surface area contributed by atoms with Gasteiger partial charge in [0.1, 0.15) is 5.82 Å². The number of hydrogen-bond acceptors (Lipinski definition) is 6. The van der Waals surface area contributed by atoms with Gasteiger partial charge in [0, 0.05) is 18.0 Å². The third kappa shape index (κ3) is 3.19. The zero-order valence-corrected chi connectivity index (χ0v) is 14.7. The SMILES string of the molecule is Nc1ccc(NC(=O)C2(c3ccc(-c4cnc(N)nc4)cc3)CCC2)nc1. The quantitative estimate of drug-likeness (QED) is 0.658. The molecule has 2 aromatic heterocycles. The minimum atomic E-state index is -0.515. The Kier molecular flexibility index (Phi) is 4.19. The van der Waals surface area contributed by atoms with Gasteiger partial charge in [0.05, 0.1) is 17.3 Å². The van der Waals surface area contributed by atoms with E-state index in [2.05, 4.69) is 20.3 Å². The highest BCUT2D eigenvalue weighted by atomic mass is 16.2. The minimum Gasteiger partial charge on any atom is -0.397 e. The average molecular weight is 360 g/mol.